The number of nitrogens with zero attached hydrogens (tertiary/aromatic N) is 5. The van der Waals surface area contributed by atoms with Gasteiger partial charge in [0.1, 0.15) is 5.82 Å². The fourth-order valence-corrected chi connectivity index (χ4v) is 2.21. The maximum Gasteiger partial charge on any atom is 0.162 e. The van der Waals surface area contributed by atoms with Crippen LogP contribution in [-0.2, 0) is 13.5 Å². The van der Waals surface area contributed by atoms with Crippen LogP contribution in [0.5, 0.6) is 0 Å². The Morgan fingerprint density at radius 1 is 1.24 bits per heavy atom. The molecule has 0 fully saturated rings. The lowest BCUT2D eigenvalue weighted by Gasteiger charge is -2.08. The van der Waals surface area contributed by atoms with Gasteiger partial charge in [0.05, 0.1) is 11.9 Å². The third-order valence-corrected chi connectivity index (χ3v) is 3.27. The van der Waals surface area contributed by atoms with Crippen molar-refractivity contribution < 1.29 is 0 Å². The lowest BCUT2D eigenvalue weighted by Crippen LogP contribution is -2.00. The Labute approximate surface area is 122 Å². The van der Waals surface area contributed by atoms with E-state index in [1.807, 2.05) is 25.5 Å². The number of hydrogen-bond donors (Lipinski definition) is 1. The van der Waals surface area contributed by atoms with Crippen LogP contribution in [0.1, 0.15) is 12.5 Å². The number of pyridine rings is 1. The van der Waals surface area contributed by atoms with Gasteiger partial charge < -0.3 is 5.73 Å². The van der Waals surface area contributed by atoms with Crippen molar-refractivity contribution in [1.82, 2.24) is 24.7 Å². The first-order valence-corrected chi connectivity index (χ1v) is 6.74. The van der Waals surface area contributed by atoms with E-state index in [1.54, 1.807) is 23.1 Å². The monoisotopic (exact) mass is 280 g/mol. The van der Waals surface area contributed by atoms with E-state index < -0.39 is 0 Å². The van der Waals surface area contributed by atoms with Crippen molar-refractivity contribution in [3.05, 3.63) is 42.5 Å². The molecule has 0 amide bonds. The smallest absolute Gasteiger partial charge is 0.162 e. The predicted octanol–water partition coefficient (Wildman–Crippen LogP) is 2.08. The molecule has 0 radical (unpaired) electrons. The molecule has 3 rings (SSSR count). The van der Waals surface area contributed by atoms with Crippen molar-refractivity contribution in [2.75, 3.05) is 5.73 Å². The number of aromatic nitrogens is 5. The summed E-state index contributed by atoms with van der Waals surface area (Å²) in [6, 6.07) is 3.67. The van der Waals surface area contributed by atoms with Crippen LogP contribution in [0.4, 0.5) is 5.82 Å². The number of aryl methyl sites for hydroxylation is 2. The summed E-state index contributed by atoms with van der Waals surface area (Å²) in [7, 11) is 1.87. The van der Waals surface area contributed by atoms with Crippen LogP contribution < -0.4 is 5.73 Å². The average Bonchev–Trinajstić information content (AvgIpc) is 2.93. The standard InChI is InChI=1S/C15H16N6/c1-3-10-7-17-5-4-12(10)15-19-13(6-14(16)20-15)11-8-18-21(2)9-11/h4-9H,3H2,1-2H3,(H2,16,19,20). The van der Waals surface area contributed by atoms with Crippen LogP contribution in [0.2, 0.25) is 0 Å². The van der Waals surface area contributed by atoms with Crippen LogP contribution in [0.3, 0.4) is 0 Å². The lowest BCUT2D eigenvalue weighted by molar-refractivity contribution is 0.768. The minimum Gasteiger partial charge on any atom is -0.384 e. The van der Waals surface area contributed by atoms with Gasteiger partial charge in [-0.3, -0.25) is 9.67 Å². The normalized spacial score (nSPS) is 10.8. The van der Waals surface area contributed by atoms with Gasteiger partial charge in [0, 0.05) is 42.8 Å². The molecule has 106 valence electrons. The average molecular weight is 280 g/mol. The zero-order valence-corrected chi connectivity index (χ0v) is 12.0. The molecule has 0 unspecified atom stereocenters. The van der Waals surface area contributed by atoms with Gasteiger partial charge in [0.15, 0.2) is 5.82 Å². The van der Waals surface area contributed by atoms with Crippen molar-refractivity contribution >= 4 is 5.82 Å². The first-order chi connectivity index (χ1) is 10.2. The summed E-state index contributed by atoms with van der Waals surface area (Å²) in [5.74, 6) is 1.06. The lowest BCUT2D eigenvalue weighted by atomic mass is 10.1. The second-order valence-corrected chi connectivity index (χ2v) is 4.79. The third kappa shape index (κ3) is 2.60. The number of nitrogens with two attached hydrogens (primary N) is 1. The fraction of sp³-hybridized carbons (Fsp3) is 0.200. The molecule has 0 aromatic carbocycles. The quantitative estimate of drug-likeness (QED) is 0.794. The van der Waals surface area contributed by atoms with Crippen LogP contribution >= 0.6 is 0 Å². The molecular weight excluding hydrogens is 264 g/mol. The molecule has 3 heterocycles. The van der Waals surface area contributed by atoms with E-state index in [0.29, 0.717) is 11.6 Å². The van der Waals surface area contributed by atoms with Crippen LogP contribution in [0.15, 0.2) is 36.9 Å². The van der Waals surface area contributed by atoms with E-state index in [9.17, 15) is 0 Å². The largest absolute Gasteiger partial charge is 0.384 e. The maximum absolute atomic E-state index is 5.94. The highest BCUT2D eigenvalue weighted by Crippen LogP contribution is 2.25. The second kappa shape index (κ2) is 5.32. The van der Waals surface area contributed by atoms with E-state index >= 15 is 0 Å². The first-order valence-electron chi connectivity index (χ1n) is 6.74. The zero-order chi connectivity index (χ0) is 14.8. The van der Waals surface area contributed by atoms with Crippen molar-refractivity contribution in [3.63, 3.8) is 0 Å². The summed E-state index contributed by atoms with van der Waals surface area (Å²) in [6.45, 7) is 2.08. The third-order valence-electron chi connectivity index (χ3n) is 3.27. The fourth-order valence-electron chi connectivity index (χ4n) is 2.21. The molecule has 3 aromatic heterocycles. The predicted molar refractivity (Wildman–Crippen MR) is 81.3 cm³/mol. The maximum atomic E-state index is 5.94. The van der Waals surface area contributed by atoms with Gasteiger partial charge >= 0.3 is 0 Å². The van der Waals surface area contributed by atoms with E-state index in [0.717, 1.165) is 28.8 Å². The molecule has 0 bridgehead atoms. The summed E-state index contributed by atoms with van der Waals surface area (Å²) in [4.78, 5) is 13.1. The van der Waals surface area contributed by atoms with Crippen LogP contribution in [0, 0.1) is 0 Å². The molecular formula is C15H16N6. The molecule has 0 atom stereocenters. The van der Waals surface area contributed by atoms with Gasteiger partial charge in [-0.1, -0.05) is 6.92 Å². The Kier molecular flexibility index (Phi) is 3.35. The van der Waals surface area contributed by atoms with Gasteiger partial charge in [0.25, 0.3) is 0 Å². The SMILES string of the molecule is CCc1cnccc1-c1nc(N)cc(-c2cnn(C)c2)n1. The highest BCUT2D eigenvalue weighted by Gasteiger charge is 2.11. The molecule has 0 aliphatic rings. The van der Waals surface area contributed by atoms with Gasteiger partial charge in [-0.15, -0.1) is 0 Å². The highest BCUT2D eigenvalue weighted by atomic mass is 15.2. The Balaban J connectivity index is 2.14. The number of nitrogen functional groups attached to an aromatic ring is 1. The summed E-state index contributed by atoms with van der Waals surface area (Å²) in [6.07, 6.45) is 8.11. The Morgan fingerprint density at radius 3 is 2.81 bits per heavy atom. The van der Waals surface area contributed by atoms with Crippen molar-refractivity contribution in [2.24, 2.45) is 7.05 Å². The Bertz CT molecular complexity index is 777. The first kappa shape index (κ1) is 13.2. The molecule has 2 N–H and O–H groups in total. The summed E-state index contributed by atoms with van der Waals surface area (Å²) in [5, 5.41) is 4.16. The zero-order valence-electron chi connectivity index (χ0n) is 12.0. The Hall–Kier alpha value is -2.76. The minimum atomic E-state index is 0.442. The van der Waals surface area contributed by atoms with E-state index in [1.165, 1.54) is 0 Å². The second-order valence-electron chi connectivity index (χ2n) is 4.79. The van der Waals surface area contributed by atoms with Gasteiger partial charge in [-0.2, -0.15) is 5.10 Å². The molecule has 0 saturated carbocycles. The summed E-state index contributed by atoms with van der Waals surface area (Å²) < 4.78 is 1.73. The van der Waals surface area contributed by atoms with E-state index in [2.05, 4.69) is 27.0 Å². The van der Waals surface area contributed by atoms with E-state index in [-0.39, 0.29) is 0 Å². The molecule has 6 heteroatoms. The molecule has 6 nitrogen and oxygen atoms in total. The molecule has 3 aromatic rings. The number of anilines is 1. The van der Waals surface area contributed by atoms with Crippen molar-refractivity contribution in [2.45, 2.75) is 13.3 Å². The molecule has 0 saturated heterocycles. The Morgan fingerprint density at radius 2 is 2.10 bits per heavy atom. The minimum absolute atomic E-state index is 0.442. The van der Waals surface area contributed by atoms with E-state index in [4.69, 9.17) is 5.73 Å². The van der Waals surface area contributed by atoms with Crippen molar-refractivity contribution in [1.29, 1.82) is 0 Å². The van der Waals surface area contributed by atoms with Gasteiger partial charge in [-0.05, 0) is 18.1 Å². The molecule has 21 heavy (non-hydrogen) atoms. The van der Waals surface area contributed by atoms with Gasteiger partial charge in [0.2, 0.25) is 0 Å². The van der Waals surface area contributed by atoms with Crippen LogP contribution in [-0.4, -0.2) is 24.7 Å². The highest BCUT2D eigenvalue weighted by molar-refractivity contribution is 5.67. The molecule has 0 aliphatic heterocycles. The van der Waals surface area contributed by atoms with Crippen molar-refractivity contribution in [3.8, 4) is 22.6 Å². The molecule has 0 spiro atoms. The molecule has 0 aliphatic carbocycles. The summed E-state index contributed by atoms with van der Waals surface area (Å²) >= 11 is 0. The van der Waals surface area contributed by atoms with Crippen LogP contribution in [0.25, 0.3) is 22.6 Å². The number of rotatable bonds is 3. The number of hydrogen-bond acceptors (Lipinski definition) is 5. The summed E-state index contributed by atoms with van der Waals surface area (Å²) in [5.41, 5.74) is 9.68. The topological polar surface area (TPSA) is 82.5 Å². The van der Waals surface area contributed by atoms with Gasteiger partial charge in [-0.25, -0.2) is 9.97 Å².